The van der Waals surface area contributed by atoms with E-state index in [4.69, 9.17) is 14.2 Å². The number of rotatable bonds is 9. The van der Waals surface area contributed by atoms with Crippen LogP contribution in [-0.2, 0) is 16.1 Å². The molecule has 1 N–H and O–H groups in total. The summed E-state index contributed by atoms with van der Waals surface area (Å²) in [7, 11) is 2.97. The van der Waals surface area contributed by atoms with Crippen molar-refractivity contribution in [1.29, 1.82) is 0 Å². The minimum Gasteiger partial charge on any atom is -0.485 e. The zero-order chi connectivity index (χ0) is 20.6. The van der Waals surface area contributed by atoms with Crippen LogP contribution in [0.2, 0.25) is 0 Å². The summed E-state index contributed by atoms with van der Waals surface area (Å²) in [5.41, 5.74) is 1.66. The van der Waals surface area contributed by atoms with Gasteiger partial charge in [0.15, 0.2) is 17.7 Å². The van der Waals surface area contributed by atoms with Crippen LogP contribution in [0.15, 0.2) is 60.8 Å². The van der Waals surface area contributed by atoms with E-state index in [2.05, 4.69) is 10.4 Å². The lowest BCUT2D eigenvalue weighted by atomic mass is 10.2. The summed E-state index contributed by atoms with van der Waals surface area (Å²) in [4.78, 5) is 12.7. The number of amides is 1. The van der Waals surface area contributed by atoms with Crippen molar-refractivity contribution >= 4 is 5.91 Å². The van der Waals surface area contributed by atoms with E-state index in [1.165, 1.54) is 31.0 Å². The number of methoxy groups -OCH3 is 2. The lowest BCUT2D eigenvalue weighted by Gasteiger charge is -2.13. The molecule has 8 heteroatoms. The second-order valence-electron chi connectivity index (χ2n) is 6.15. The zero-order valence-corrected chi connectivity index (χ0v) is 16.2. The minimum absolute atomic E-state index is 0.108. The number of hydrogen-bond acceptors (Lipinski definition) is 5. The Morgan fingerprint density at radius 1 is 1.10 bits per heavy atom. The molecule has 1 amide bonds. The summed E-state index contributed by atoms with van der Waals surface area (Å²) in [6, 6.07) is 15.3. The summed E-state index contributed by atoms with van der Waals surface area (Å²) in [6.07, 6.45) is 1.02. The summed E-state index contributed by atoms with van der Waals surface area (Å²) in [6.45, 7) is 0.419. The maximum Gasteiger partial charge on any atom is 0.275 e. The van der Waals surface area contributed by atoms with E-state index >= 15 is 0 Å². The Morgan fingerprint density at radius 2 is 1.79 bits per heavy atom. The monoisotopic (exact) mass is 399 g/mol. The van der Waals surface area contributed by atoms with E-state index in [1.807, 2.05) is 30.3 Å². The van der Waals surface area contributed by atoms with Gasteiger partial charge in [-0.25, -0.2) is 9.07 Å². The maximum atomic E-state index is 13.2. The van der Waals surface area contributed by atoms with Crippen molar-refractivity contribution in [3.63, 3.8) is 0 Å². The standard InChI is InChI=1S/C21H22FN3O4/c1-27-19(28-2)12-23-21(26)20-18(29-14-15-6-4-3-5-7-15)13-25(24-20)17-10-8-16(22)9-11-17/h3-11,13,19H,12,14H2,1-2H3,(H,23,26). The number of ether oxygens (including phenoxy) is 3. The van der Waals surface area contributed by atoms with Gasteiger partial charge < -0.3 is 19.5 Å². The van der Waals surface area contributed by atoms with Crippen LogP contribution in [-0.4, -0.2) is 42.7 Å². The molecule has 0 bridgehead atoms. The van der Waals surface area contributed by atoms with Gasteiger partial charge in [0.1, 0.15) is 12.4 Å². The van der Waals surface area contributed by atoms with Gasteiger partial charge in [-0.3, -0.25) is 4.79 Å². The van der Waals surface area contributed by atoms with Gasteiger partial charge in [0.25, 0.3) is 5.91 Å². The highest BCUT2D eigenvalue weighted by Gasteiger charge is 2.20. The molecule has 2 aromatic carbocycles. The fourth-order valence-electron chi connectivity index (χ4n) is 2.61. The van der Waals surface area contributed by atoms with Crippen molar-refractivity contribution in [2.75, 3.05) is 20.8 Å². The maximum absolute atomic E-state index is 13.2. The van der Waals surface area contributed by atoms with Gasteiger partial charge in [0.2, 0.25) is 0 Å². The number of carbonyl (C=O) groups is 1. The first kappa shape index (κ1) is 20.5. The Balaban J connectivity index is 1.83. The predicted octanol–water partition coefficient (Wildman–Crippen LogP) is 2.94. The van der Waals surface area contributed by atoms with E-state index < -0.39 is 12.2 Å². The van der Waals surface area contributed by atoms with Gasteiger partial charge >= 0.3 is 0 Å². The zero-order valence-electron chi connectivity index (χ0n) is 16.2. The molecule has 1 aromatic heterocycles. The molecule has 0 unspecified atom stereocenters. The van der Waals surface area contributed by atoms with Gasteiger partial charge in [-0.05, 0) is 29.8 Å². The molecule has 1 heterocycles. The van der Waals surface area contributed by atoms with E-state index in [0.29, 0.717) is 11.4 Å². The third-order valence-electron chi connectivity index (χ3n) is 4.18. The topological polar surface area (TPSA) is 74.6 Å². The fraction of sp³-hybridized carbons (Fsp3) is 0.238. The first-order chi connectivity index (χ1) is 14.1. The Hall–Kier alpha value is -3.23. The second kappa shape index (κ2) is 9.81. The number of nitrogens with one attached hydrogen (secondary N) is 1. The lowest BCUT2D eigenvalue weighted by molar-refractivity contribution is -0.0974. The Morgan fingerprint density at radius 3 is 2.45 bits per heavy atom. The molecule has 152 valence electrons. The van der Waals surface area contributed by atoms with Crippen LogP contribution in [0.3, 0.4) is 0 Å². The highest BCUT2D eigenvalue weighted by molar-refractivity contribution is 5.95. The van der Waals surface area contributed by atoms with Crippen molar-refractivity contribution in [3.8, 4) is 11.4 Å². The van der Waals surface area contributed by atoms with Crippen LogP contribution >= 0.6 is 0 Å². The van der Waals surface area contributed by atoms with E-state index in [0.717, 1.165) is 5.56 Å². The third kappa shape index (κ3) is 5.40. The molecule has 0 radical (unpaired) electrons. The summed E-state index contributed by atoms with van der Waals surface area (Å²) >= 11 is 0. The van der Waals surface area contributed by atoms with Crippen LogP contribution in [0.4, 0.5) is 4.39 Å². The largest absolute Gasteiger partial charge is 0.485 e. The van der Waals surface area contributed by atoms with Crippen LogP contribution in [0.25, 0.3) is 5.69 Å². The van der Waals surface area contributed by atoms with E-state index in [9.17, 15) is 9.18 Å². The summed E-state index contributed by atoms with van der Waals surface area (Å²) in [5, 5.41) is 7.04. The number of hydrogen-bond donors (Lipinski definition) is 1. The average molecular weight is 399 g/mol. The van der Waals surface area contributed by atoms with Crippen molar-refractivity contribution < 1.29 is 23.4 Å². The second-order valence-corrected chi connectivity index (χ2v) is 6.15. The number of benzene rings is 2. The molecule has 3 rings (SSSR count). The van der Waals surface area contributed by atoms with Crippen molar-refractivity contribution in [1.82, 2.24) is 15.1 Å². The Kier molecular flexibility index (Phi) is 6.94. The van der Waals surface area contributed by atoms with Crippen molar-refractivity contribution in [2.45, 2.75) is 12.9 Å². The SMILES string of the molecule is COC(CNC(=O)c1nn(-c2ccc(F)cc2)cc1OCc1ccccc1)OC. The average Bonchev–Trinajstić information content (AvgIpc) is 3.18. The molecule has 0 atom stereocenters. The van der Waals surface area contributed by atoms with Crippen LogP contribution in [0.1, 0.15) is 16.1 Å². The van der Waals surface area contributed by atoms with Gasteiger partial charge in [-0.1, -0.05) is 30.3 Å². The molecule has 0 aliphatic carbocycles. The Labute approximate surface area is 168 Å². The van der Waals surface area contributed by atoms with Crippen LogP contribution in [0.5, 0.6) is 5.75 Å². The predicted molar refractivity (Wildman–Crippen MR) is 104 cm³/mol. The minimum atomic E-state index is -0.577. The van der Waals surface area contributed by atoms with Crippen LogP contribution < -0.4 is 10.1 Å². The summed E-state index contributed by atoms with van der Waals surface area (Å²) < 4.78 is 30.7. The molecular weight excluding hydrogens is 377 g/mol. The van der Waals surface area contributed by atoms with Gasteiger partial charge in [-0.2, -0.15) is 5.10 Å². The molecule has 0 aliphatic rings. The number of halogens is 1. The number of carbonyl (C=O) groups excluding carboxylic acids is 1. The summed E-state index contributed by atoms with van der Waals surface area (Å²) in [5.74, 6) is -0.486. The van der Waals surface area contributed by atoms with Gasteiger partial charge in [0.05, 0.1) is 18.4 Å². The molecule has 0 spiro atoms. The highest BCUT2D eigenvalue weighted by atomic mass is 19.1. The first-order valence-corrected chi connectivity index (χ1v) is 8.97. The van der Waals surface area contributed by atoms with Crippen LogP contribution in [0, 0.1) is 5.82 Å². The normalized spacial score (nSPS) is 10.9. The first-order valence-electron chi connectivity index (χ1n) is 8.97. The lowest BCUT2D eigenvalue weighted by Crippen LogP contribution is -2.34. The van der Waals surface area contributed by atoms with E-state index in [-0.39, 0.29) is 24.7 Å². The highest BCUT2D eigenvalue weighted by Crippen LogP contribution is 2.21. The molecule has 29 heavy (non-hydrogen) atoms. The van der Waals surface area contributed by atoms with E-state index in [1.54, 1.807) is 18.3 Å². The van der Waals surface area contributed by atoms with Gasteiger partial charge in [0, 0.05) is 14.2 Å². The third-order valence-corrected chi connectivity index (χ3v) is 4.18. The van der Waals surface area contributed by atoms with Crippen molar-refractivity contribution in [2.24, 2.45) is 0 Å². The molecular formula is C21H22FN3O4. The Bertz CT molecular complexity index is 925. The fourth-order valence-corrected chi connectivity index (χ4v) is 2.61. The molecule has 0 saturated heterocycles. The molecule has 3 aromatic rings. The molecule has 0 fully saturated rings. The van der Waals surface area contributed by atoms with Crippen molar-refractivity contribution in [3.05, 3.63) is 77.9 Å². The number of aromatic nitrogens is 2. The quantitative estimate of drug-likeness (QED) is 0.560. The molecule has 0 aliphatic heterocycles. The number of nitrogens with zero attached hydrogens (tertiary/aromatic N) is 2. The smallest absolute Gasteiger partial charge is 0.275 e. The van der Waals surface area contributed by atoms with Gasteiger partial charge in [-0.15, -0.1) is 0 Å². The molecule has 0 saturated carbocycles. The molecule has 7 nitrogen and oxygen atoms in total.